The molecular weight excluding hydrogens is 300 g/mol. The van der Waals surface area contributed by atoms with E-state index in [0.717, 1.165) is 18.1 Å². The summed E-state index contributed by atoms with van der Waals surface area (Å²) in [4.78, 5) is 16.0. The Morgan fingerprint density at radius 3 is 2.62 bits per heavy atom. The zero-order valence-corrected chi connectivity index (χ0v) is 15.1. The minimum atomic E-state index is -0.0644. The largest absolute Gasteiger partial charge is 0.356 e. The molecule has 132 valence electrons. The molecule has 5 heteroatoms. The third-order valence-electron chi connectivity index (χ3n) is 5.14. The van der Waals surface area contributed by atoms with Crippen molar-refractivity contribution in [2.45, 2.75) is 45.6 Å². The molecule has 0 atom stereocenters. The van der Waals surface area contributed by atoms with Crippen LogP contribution in [0.1, 0.15) is 54.9 Å². The Morgan fingerprint density at radius 1 is 1.25 bits per heavy atom. The van der Waals surface area contributed by atoms with E-state index in [1.165, 1.54) is 32.1 Å². The molecule has 0 bridgehead atoms. The Labute approximate surface area is 145 Å². The highest BCUT2D eigenvalue weighted by atomic mass is 16.1. The van der Waals surface area contributed by atoms with Gasteiger partial charge in [-0.2, -0.15) is 0 Å². The van der Waals surface area contributed by atoms with Crippen LogP contribution in [0, 0.1) is 5.41 Å². The summed E-state index contributed by atoms with van der Waals surface area (Å²) in [5.74, 6) is 0.755. The third-order valence-corrected chi connectivity index (χ3v) is 5.14. The molecule has 5 nitrogen and oxygen atoms in total. The standard InChI is InChI=1S/C19H30N4O/c1-4-19(10-5-6-11-19)14-23-18(21-3)22-13-15-8-7-9-16(12-15)17(24)20-2/h7-9,12H,4-6,10-11,13-14H2,1-3H3,(H,20,24)(H2,21,22,23). The molecule has 24 heavy (non-hydrogen) atoms. The van der Waals surface area contributed by atoms with Gasteiger partial charge in [0.2, 0.25) is 0 Å². The molecular formula is C19H30N4O. The number of amides is 1. The first-order valence-electron chi connectivity index (χ1n) is 8.88. The van der Waals surface area contributed by atoms with Gasteiger partial charge in [-0.05, 0) is 42.4 Å². The van der Waals surface area contributed by atoms with Crippen molar-refractivity contribution < 1.29 is 4.79 Å². The predicted octanol–water partition coefficient (Wildman–Crippen LogP) is 2.68. The topological polar surface area (TPSA) is 65.5 Å². The summed E-state index contributed by atoms with van der Waals surface area (Å²) in [5, 5.41) is 9.48. The van der Waals surface area contributed by atoms with E-state index in [4.69, 9.17) is 0 Å². The van der Waals surface area contributed by atoms with Crippen LogP contribution in [0.3, 0.4) is 0 Å². The maximum atomic E-state index is 11.7. The third kappa shape index (κ3) is 4.73. The van der Waals surface area contributed by atoms with Crippen LogP contribution in [-0.4, -0.2) is 32.5 Å². The molecule has 0 aromatic heterocycles. The van der Waals surface area contributed by atoms with Gasteiger partial charge in [0.15, 0.2) is 5.96 Å². The summed E-state index contributed by atoms with van der Waals surface area (Å²) >= 11 is 0. The second kappa shape index (κ2) is 8.71. The number of nitrogens with one attached hydrogen (secondary N) is 3. The maximum absolute atomic E-state index is 11.7. The highest BCUT2D eigenvalue weighted by Crippen LogP contribution is 2.40. The first-order valence-corrected chi connectivity index (χ1v) is 8.88. The number of carbonyl (C=O) groups is 1. The van der Waals surface area contributed by atoms with Gasteiger partial charge in [-0.15, -0.1) is 0 Å². The fourth-order valence-corrected chi connectivity index (χ4v) is 3.42. The van der Waals surface area contributed by atoms with E-state index in [0.29, 0.717) is 17.5 Å². The van der Waals surface area contributed by atoms with Crippen molar-refractivity contribution in [3.05, 3.63) is 35.4 Å². The summed E-state index contributed by atoms with van der Waals surface area (Å²) in [6.07, 6.45) is 6.51. The molecule has 1 fully saturated rings. The Bertz CT molecular complexity index is 576. The fraction of sp³-hybridized carbons (Fsp3) is 0.579. The van der Waals surface area contributed by atoms with E-state index >= 15 is 0 Å². The Balaban J connectivity index is 1.88. The molecule has 0 saturated heterocycles. The van der Waals surface area contributed by atoms with Crippen LogP contribution in [0.15, 0.2) is 29.3 Å². The van der Waals surface area contributed by atoms with Gasteiger partial charge < -0.3 is 16.0 Å². The summed E-state index contributed by atoms with van der Waals surface area (Å²) < 4.78 is 0. The van der Waals surface area contributed by atoms with Crippen LogP contribution < -0.4 is 16.0 Å². The van der Waals surface area contributed by atoms with E-state index < -0.39 is 0 Å². The SMILES string of the molecule is CCC1(CNC(=NC)NCc2cccc(C(=O)NC)c2)CCCC1. The molecule has 1 aliphatic rings. The number of hydrogen-bond donors (Lipinski definition) is 3. The molecule has 0 heterocycles. The van der Waals surface area contributed by atoms with E-state index in [-0.39, 0.29) is 5.91 Å². The van der Waals surface area contributed by atoms with Crippen LogP contribution >= 0.6 is 0 Å². The number of carbonyl (C=O) groups excluding carboxylic acids is 1. The van der Waals surface area contributed by atoms with Crippen LogP contribution in [-0.2, 0) is 6.54 Å². The van der Waals surface area contributed by atoms with E-state index in [9.17, 15) is 4.79 Å². The number of benzene rings is 1. The second-order valence-electron chi connectivity index (χ2n) is 6.62. The summed E-state index contributed by atoms with van der Waals surface area (Å²) in [6, 6.07) is 7.64. The summed E-state index contributed by atoms with van der Waals surface area (Å²) in [7, 11) is 3.44. The van der Waals surface area contributed by atoms with Gasteiger partial charge in [0.1, 0.15) is 0 Å². The van der Waals surface area contributed by atoms with Crippen molar-refractivity contribution in [2.24, 2.45) is 10.4 Å². The average molecular weight is 330 g/mol. The number of nitrogens with zero attached hydrogens (tertiary/aromatic N) is 1. The molecule has 1 aromatic carbocycles. The van der Waals surface area contributed by atoms with Gasteiger partial charge in [-0.1, -0.05) is 31.9 Å². The van der Waals surface area contributed by atoms with Crippen molar-refractivity contribution in [1.82, 2.24) is 16.0 Å². The lowest BCUT2D eigenvalue weighted by Crippen LogP contribution is -2.42. The van der Waals surface area contributed by atoms with Crippen molar-refractivity contribution in [2.75, 3.05) is 20.6 Å². The highest BCUT2D eigenvalue weighted by molar-refractivity contribution is 5.94. The lowest BCUT2D eigenvalue weighted by atomic mass is 9.83. The quantitative estimate of drug-likeness (QED) is 0.555. The van der Waals surface area contributed by atoms with Crippen molar-refractivity contribution in [1.29, 1.82) is 0 Å². The molecule has 1 amide bonds. The summed E-state index contributed by atoms with van der Waals surface area (Å²) in [5.41, 5.74) is 2.16. The van der Waals surface area contributed by atoms with Crippen molar-refractivity contribution in [3.8, 4) is 0 Å². The van der Waals surface area contributed by atoms with Crippen LogP contribution in [0.4, 0.5) is 0 Å². The fourth-order valence-electron chi connectivity index (χ4n) is 3.42. The van der Waals surface area contributed by atoms with Crippen molar-refractivity contribution >= 4 is 11.9 Å². The van der Waals surface area contributed by atoms with E-state index in [2.05, 4.69) is 27.9 Å². The van der Waals surface area contributed by atoms with E-state index in [1.807, 2.05) is 24.3 Å². The van der Waals surface area contributed by atoms with Crippen LogP contribution in [0.2, 0.25) is 0 Å². The zero-order valence-electron chi connectivity index (χ0n) is 15.1. The summed E-state index contributed by atoms with van der Waals surface area (Å²) in [6.45, 7) is 3.90. The molecule has 3 N–H and O–H groups in total. The van der Waals surface area contributed by atoms with Gasteiger partial charge in [0, 0.05) is 32.7 Å². The molecule has 0 spiro atoms. The monoisotopic (exact) mass is 330 g/mol. The van der Waals surface area contributed by atoms with Gasteiger partial charge in [0.05, 0.1) is 0 Å². The Morgan fingerprint density at radius 2 is 2.00 bits per heavy atom. The molecule has 2 rings (SSSR count). The average Bonchev–Trinajstić information content (AvgIpc) is 3.11. The number of guanidine groups is 1. The van der Waals surface area contributed by atoms with E-state index in [1.54, 1.807) is 14.1 Å². The lowest BCUT2D eigenvalue weighted by Gasteiger charge is -2.28. The first kappa shape index (κ1) is 18.3. The second-order valence-corrected chi connectivity index (χ2v) is 6.62. The molecule has 0 unspecified atom stereocenters. The molecule has 0 radical (unpaired) electrons. The van der Waals surface area contributed by atoms with Crippen LogP contribution in [0.5, 0.6) is 0 Å². The highest BCUT2D eigenvalue weighted by Gasteiger charge is 2.31. The number of rotatable bonds is 6. The smallest absolute Gasteiger partial charge is 0.251 e. The lowest BCUT2D eigenvalue weighted by molar-refractivity contribution is 0.0963. The maximum Gasteiger partial charge on any atom is 0.251 e. The number of aliphatic imine (C=N–C) groups is 1. The Kier molecular flexibility index (Phi) is 6.64. The first-order chi connectivity index (χ1) is 11.6. The predicted molar refractivity (Wildman–Crippen MR) is 99.2 cm³/mol. The molecule has 1 saturated carbocycles. The van der Waals surface area contributed by atoms with Crippen LogP contribution in [0.25, 0.3) is 0 Å². The normalized spacial score (nSPS) is 16.7. The minimum absolute atomic E-state index is 0.0644. The number of hydrogen-bond acceptors (Lipinski definition) is 2. The van der Waals surface area contributed by atoms with Gasteiger partial charge in [-0.25, -0.2) is 0 Å². The molecule has 1 aliphatic carbocycles. The van der Waals surface area contributed by atoms with Crippen molar-refractivity contribution in [3.63, 3.8) is 0 Å². The van der Waals surface area contributed by atoms with Gasteiger partial charge >= 0.3 is 0 Å². The zero-order chi connectivity index (χ0) is 17.4. The Hall–Kier alpha value is -2.04. The minimum Gasteiger partial charge on any atom is -0.356 e. The van der Waals surface area contributed by atoms with Gasteiger partial charge in [-0.3, -0.25) is 9.79 Å². The van der Waals surface area contributed by atoms with Gasteiger partial charge in [0.25, 0.3) is 5.91 Å². The molecule has 0 aliphatic heterocycles. The molecule has 1 aromatic rings.